The van der Waals surface area contributed by atoms with Crippen LogP contribution in [0, 0.1) is 6.92 Å². The van der Waals surface area contributed by atoms with Gasteiger partial charge in [0, 0.05) is 31.4 Å². The first-order chi connectivity index (χ1) is 10.6. The van der Waals surface area contributed by atoms with E-state index in [1.165, 1.54) is 0 Å². The number of nitrogens with zero attached hydrogens (tertiary/aromatic N) is 1. The molecule has 1 amide bonds. The molecule has 1 aromatic carbocycles. The molecule has 0 radical (unpaired) electrons. The molecule has 4 nitrogen and oxygen atoms in total. The van der Waals surface area contributed by atoms with Gasteiger partial charge < -0.3 is 10.6 Å². The van der Waals surface area contributed by atoms with Gasteiger partial charge in [-0.25, -0.2) is 0 Å². The van der Waals surface area contributed by atoms with Crippen molar-refractivity contribution in [3.05, 3.63) is 58.9 Å². The molecule has 0 spiro atoms. The summed E-state index contributed by atoms with van der Waals surface area (Å²) in [6.45, 7) is 4.60. The van der Waals surface area contributed by atoms with Crippen LogP contribution in [-0.4, -0.2) is 17.4 Å². The second kappa shape index (κ2) is 7.92. The molecule has 0 aliphatic heterocycles. The highest BCUT2D eigenvalue weighted by molar-refractivity contribution is 6.33. The number of halogens is 1. The van der Waals surface area contributed by atoms with Gasteiger partial charge in [0.15, 0.2) is 0 Å². The number of hydrogen-bond acceptors (Lipinski definition) is 3. The molecule has 0 aliphatic carbocycles. The summed E-state index contributed by atoms with van der Waals surface area (Å²) in [5, 5.41) is 6.69. The number of amides is 1. The Morgan fingerprint density at radius 1 is 1.36 bits per heavy atom. The quantitative estimate of drug-likeness (QED) is 0.853. The van der Waals surface area contributed by atoms with Gasteiger partial charge in [-0.2, -0.15) is 0 Å². The second-order valence-corrected chi connectivity index (χ2v) is 5.65. The lowest BCUT2D eigenvalue weighted by Crippen LogP contribution is -2.24. The minimum Gasteiger partial charge on any atom is -0.325 e. The molecule has 2 rings (SSSR count). The standard InChI is InChI=1S/C17H20ClN3O/c1-12-5-6-16(15(18)10-12)21-17(22)7-9-20-13(2)14-4-3-8-19-11-14/h3-6,8,10-11,13,20H,7,9H2,1-2H3,(H,21,22)/t13-/m0/s1. The van der Waals surface area contributed by atoms with Crippen molar-refractivity contribution in [2.75, 3.05) is 11.9 Å². The Morgan fingerprint density at radius 3 is 2.86 bits per heavy atom. The van der Waals surface area contributed by atoms with E-state index in [0.29, 0.717) is 23.7 Å². The van der Waals surface area contributed by atoms with Crippen LogP contribution >= 0.6 is 11.6 Å². The van der Waals surface area contributed by atoms with Crippen molar-refractivity contribution in [1.29, 1.82) is 0 Å². The molecule has 2 aromatic rings. The number of rotatable bonds is 6. The van der Waals surface area contributed by atoms with Gasteiger partial charge >= 0.3 is 0 Å². The fourth-order valence-electron chi connectivity index (χ4n) is 2.09. The van der Waals surface area contributed by atoms with Gasteiger partial charge in [0.25, 0.3) is 0 Å². The predicted molar refractivity (Wildman–Crippen MR) is 90.1 cm³/mol. The summed E-state index contributed by atoms with van der Waals surface area (Å²) in [5.74, 6) is -0.0587. The molecule has 0 saturated heterocycles. The van der Waals surface area contributed by atoms with Crippen LogP contribution in [-0.2, 0) is 4.79 Å². The Bertz CT molecular complexity index is 631. The van der Waals surface area contributed by atoms with Gasteiger partial charge in [0.1, 0.15) is 0 Å². The van der Waals surface area contributed by atoms with Crippen molar-refractivity contribution in [2.45, 2.75) is 26.3 Å². The zero-order chi connectivity index (χ0) is 15.9. The van der Waals surface area contributed by atoms with Crippen LogP contribution in [0.15, 0.2) is 42.7 Å². The van der Waals surface area contributed by atoms with E-state index in [1.807, 2.05) is 50.4 Å². The minimum atomic E-state index is -0.0587. The topological polar surface area (TPSA) is 54.0 Å². The lowest BCUT2D eigenvalue weighted by Gasteiger charge is -2.14. The summed E-state index contributed by atoms with van der Waals surface area (Å²) in [6, 6.07) is 9.64. The van der Waals surface area contributed by atoms with Crippen molar-refractivity contribution >= 4 is 23.2 Å². The number of nitrogens with one attached hydrogen (secondary N) is 2. The first kappa shape index (κ1) is 16.5. The predicted octanol–water partition coefficient (Wildman–Crippen LogP) is 3.72. The normalized spacial score (nSPS) is 12.0. The van der Waals surface area contributed by atoms with E-state index in [2.05, 4.69) is 15.6 Å². The number of anilines is 1. The molecular weight excluding hydrogens is 298 g/mol. The number of benzene rings is 1. The van der Waals surface area contributed by atoms with Gasteiger partial charge in [-0.05, 0) is 43.2 Å². The molecule has 1 aromatic heterocycles. The lowest BCUT2D eigenvalue weighted by atomic mass is 10.1. The number of aromatic nitrogens is 1. The maximum Gasteiger partial charge on any atom is 0.225 e. The van der Waals surface area contributed by atoms with Crippen LogP contribution in [0.1, 0.15) is 30.5 Å². The Labute approximate surface area is 135 Å². The monoisotopic (exact) mass is 317 g/mol. The summed E-state index contributed by atoms with van der Waals surface area (Å²) >= 11 is 6.10. The van der Waals surface area contributed by atoms with E-state index in [-0.39, 0.29) is 11.9 Å². The number of carbonyl (C=O) groups is 1. The third-order valence-electron chi connectivity index (χ3n) is 3.39. The summed E-state index contributed by atoms with van der Waals surface area (Å²) in [6.07, 6.45) is 3.95. The van der Waals surface area contributed by atoms with Gasteiger partial charge in [0.2, 0.25) is 5.91 Å². The van der Waals surface area contributed by atoms with Crippen molar-refractivity contribution in [3.63, 3.8) is 0 Å². The van der Waals surface area contributed by atoms with Crippen molar-refractivity contribution in [2.24, 2.45) is 0 Å². The average Bonchev–Trinajstić information content (AvgIpc) is 2.51. The highest BCUT2D eigenvalue weighted by Crippen LogP contribution is 2.22. The summed E-state index contributed by atoms with van der Waals surface area (Å²) in [5.41, 5.74) is 2.82. The van der Waals surface area contributed by atoms with Gasteiger partial charge in [-0.3, -0.25) is 9.78 Å². The highest BCUT2D eigenvalue weighted by atomic mass is 35.5. The van der Waals surface area contributed by atoms with Crippen LogP contribution in [0.5, 0.6) is 0 Å². The van der Waals surface area contributed by atoms with Crippen LogP contribution in [0.4, 0.5) is 5.69 Å². The smallest absolute Gasteiger partial charge is 0.225 e. The zero-order valence-corrected chi connectivity index (χ0v) is 13.5. The highest BCUT2D eigenvalue weighted by Gasteiger charge is 2.08. The Kier molecular flexibility index (Phi) is 5.92. The molecule has 0 saturated carbocycles. The van der Waals surface area contributed by atoms with Gasteiger partial charge in [0.05, 0.1) is 10.7 Å². The van der Waals surface area contributed by atoms with Crippen molar-refractivity contribution < 1.29 is 4.79 Å². The molecule has 1 heterocycles. The summed E-state index contributed by atoms with van der Waals surface area (Å²) in [4.78, 5) is 16.0. The Hall–Kier alpha value is -1.91. The molecule has 0 aliphatic rings. The number of pyridine rings is 1. The summed E-state index contributed by atoms with van der Waals surface area (Å²) in [7, 11) is 0. The van der Waals surface area contributed by atoms with E-state index in [4.69, 9.17) is 11.6 Å². The maximum absolute atomic E-state index is 11.9. The molecular formula is C17H20ClN3O. The van der Waals surface area contributed by atoms with Crippen LogP contribution in [0.3, 0.4) is 0 Å². The number of aryl methyl sites for hydroxylation is 1. The largest absolute Gasteiger partial charge is 0.325 e. The number of hydrogen-bond donors (Lipinski definition) is 2. The fraction of sp³-hybridized carbons (Fsp3) is 0.294. The van der Waals surface area contributed by atoms with Gasteiger partial charge in [-0.15, -0.1) is 0 Å². The van der Waals surface area contributed by atoms with Crippen LogP contribution in [0.2, 0.25) is 5.02 Å². The second-order valence-electron chi connectivity index (χ2n) is 5.24. The molecule has 5 heteroatoms. The Morgan fingerprint density at radius 2 is 2.18 bits per heavy atom. The summed E-state index contributed by atoms with van der Waals surface area (Å²) < 4.78 is 0. The molecule has 0 bridgehead atoms. The average molecular weight is 318 g/mol. The third kappa shape index (κ3) is 4.83. The SMILES string of the molecule is Cc1ccc(NC(=O)CCN[C@@H](C)c2cccnc2)c(Cl)c1. The maximum atomic E-state index is 11.9. The van der Waals surface area contributed by atoms with Crippen molar-refractivity contribution in [1.82, 2.24) is 10.3 Å². The minimum absolute atomic E-state index is 0.0587. The fourth-order valence-corrected chi connectivity index (χ4v) is 2.37. The molecule has 116 valence electrons. The first-order valence-electron chi connectivity index (χ1n) is 7.25. The Balaban J connectivity index is 1.78. The molecule has 0 unspecified atom stereocenters. The first-order valence-corrected chi connectivity index (χ1v) is 7.63. The molecule has 0 fully saturated rings. The van der Waals surface area contributed by atoms with E-state index in [9.17, 15) is 4.79 Å². The lowest BCUT2D eigenvalue weighted by molar-refractivity contribution is -0.116. The number of carbonyl (C=O) groups excluding carboxylic acids is 1. The van der Waals surface area contributed by atoms with Gasteiger partial charge in [-0.1, -0.05) is 23.7 Å². The van der Waals surface area contributed by atoms with E-state index in [0.717, 1.165) is 11.1 Å². The molecule has 22 heavy (non-hydrogen) atoms. The molecule has 1 atom stereocenters. The van der Waals surface area contributed by atoms with Crippen LogP contribution in [0.25, 0.3) is 0 Å². The van der Waals surface area contributed by atoms with E-state index in [1.54, 1.807) is 6.20 Å². The van der Waals surface area contributed by atoms with Crippen LogP contribution < -0.4 is 10.6 Å². The van der Waals surface area contributed by atoms with E-state index >= 15 is 0 Å². The molecule has 2 N–H and O–H groups in total. The zero-order valence-electron chi connectivity index (χ0n) is 12.8. The van der Waals surface area contributed by atoms with Crippen molar-refractivity contribution in [3.8, 4) is 0 Å². The third-order valence-corrected chi connectivity index (χ3v) is 3.70. The van der Waals surface area contributed by atoms with E-state index < -0.39 is 0 Å².